The number of carboxylic acid groups (broad SMARTS) is 1. The Morgan fingerprint density at radius 2 is 1.16 bits per heavy atom. The first-order valence-electron chi connectivity index (χ1n) is 7.70. The standard InChI is InChI=1S/C9H10NO2.3C3H9P.Ir/c10-8(9(11)12)6-7-4-2-1-3-5-7;3*1-4(2)3;/h1-5,8,10H,6H2,(H,11,12);3*1-3H3;/q-1;;;;. The SMILES string of the molecule is CP(C)C.CP(C)C.CP(C)C.[Ir].[NH-]C(Cc1ccccc1)C(=O)O. The molecule has 0 spiro atoms. The zero-order chi connectivity index (χ0) is 19.7. The van der Waals surface area contributed by atoms with Gasteiger partial charge in [-0.3, -0.25) is 4.79 Å². The Kier molecular flexibility index (Phi) is 30.0. The van der Waals surface area contributed by atoms with Crippen LogP contribution < -0.4 is 0 Å². The Bertz CT molecular complexity index is 369. The van der Waals surface area contributed by atoms with Crippen LogP contribution in [-0.2, 0) is 31.3 Å². The van der Waals surface area contributed by atoms with E-state index in [1.54, 1.807) is 0 Å². The molecule has 0 aromatic heterocycles. The van der Waals surface area contributed by atoms with E-state index in [9.17, 15) is 4.79 Å². The molecular weight excluding hydrogens is 547 g/mol. The van der Waals surface area contributed by atoms with Crippen LogP contribution in [0.2, 0.25) is 0 Å². The molecule has 1 radical (unpaired) electrons. The zero-order valence-corrected chi connectivity index (χ0v) is 22.3. The Morgan fingerprint density at radius 3 is 1.40 bits per heavy atom. The van der Waals surface area contributed by atoms with Crippen LogP contribution in [0.3, 0.4) is 0 Å². The van der Waals surface area contributed by atoms with Crippen molar-refractivity contribution in [3.63, 3.8) is 0 Å². The summed E-state index contributed by atoms with van der Waals surface area (Å²) in [4.78, 5) is 10.3. The van der Waals surface area contributed by atoms with Crippen LogP contribution in [0.1, 0.15) is 5.56 Å². The van der Waals surface area contributed by atoms with Gasteiger partial charge in [-0.1, -0.05) is 30.3 Å². The minimum atomic E-state index is -1.07. The van der Waals surface area contributed by atoms with Gasteiger partial charge in [0.2, 0.25) is 0 Å². The molecule has 0 heterocycles. The van der Waals surface area contributed by atoms with E-state index in [0.717, 1.165) is 5.56 Å². The van der Waals surface area contributed by atoms with Crippen molar-refractivity contribution in [2.45, 2.75) is 12.5 Å². The summed E-state index contributed by atoms with van der Waals surface area (Å²) in [5.41, 5.74) is 8.05. The topological polar surface area (TPSA) is 61.1 Å². The van der Waals surface area contributed by atoms with Gasteiger partial charge in [0.15, 0.2) is 0 Å². The van der Waals surface area contributed by atoms with Crippen molar-refractivity contribution < 1.29 is 30.0 Å². The van der Waals surface area contributed by atoms with Crippen molar-refractivity contribution in [1.29, 1.82) is 0 Å². The van der Waals surface area contributed by atoms with Gasteiger partial charge in [0, 0.05) is 20.1 Å². The van der Waals surface area contributed by atoms with Gasteiger partial charge in [0.1, 0.15) is 0 Å². The van der Waals surface area contributed by atoms with E-state index in [0.29, 0.717) is 23.8 Å². The fourth-order valence-electron chi connectivity index (χ4n) is 0.937. The molecule has 1 aromatic rings. The second kappa shape index (κ2) is 22.6. The molecule has 0 saturated carbocycles. The van der Waals surface area contributed by atoms with Crippen LogP contribution in [0.4, 0.5) is 0 Å². The number of benzene rings is 1. The molecule has 0 fully saturated rings. The predicted molar refractivity (Wildman–Crippen MR) is 120 cm³/mol. The largest absolute Gasteiger partial charge is 0.665 e. The summed E-state index contributed by atoms with van der Waals surface area (Å²) in [5.74, 6) is -1.07. The summed E-state index contributed by atoms with van der Waals surface area (Å²) >= 11 is 0. The number of aliphatic carboxylic acids is 1. The maximum absolute atomic E-state index is 10.3. The van der Waals surface area contributed by atoms with Crippen LogP contribution in [0.25, 0.3) is 5.73 Å². The van der Waals surface area contributed by atoms with Crippen molar-refractivity contribution in [2.24, 2.45) is 0 Å². The third-order valence-electron chi connectivity index (χ3n) is 1.58. The molecule has 0 bridgehead atoms. The number of hydrogen-bond acceptors (Lipinski definition) is 1. The Labute approximate surface area is 173 Å². The quantitative estimate of drug-likeness (QED) is 0.457. The van der Waals surface area contributed by atoms with Gasteiger partial charge in [0.25, 0.3) is 5.97 Å². The average molecular weight is 585 g/mol. The number of carboxylic acids is 1. The van der Waals surface area contributed by atoms with Gasteiger partial charge in [0.05, 0.1) is 0 Å². The molecule has 0 aliphatic heterocycles. The minimum absolute atomic E-state index is 0. The first-order chi connectivity index (χ1) is 10.9. The molecule has 2 N–H and O–H groups in total. The summed E-state index contributed by atoms with van der Waals surface area (Å²) < 4.78 is 0. The summed E-state index contributed by atoms with van der Waals surface area (Å²) in [6.07, 6.45) is 0.274. The molecule has 25 heavy (non-hydrogen) atoms. The molecule has 1 rings (SSSR count). The third kappa shape index (κ3) is 45.6. The smallest absolute Gasteiger partial charge is 0.285 e. The van der Waals surface area contributed by atoms with Gasteiger partial charge >= 0.3 is 0 Å². The molecule has 1 atom stereocenters. The van der Waals surface area contributed by atoms with Crippen LogP contribution in [0.5, 0.6) is 0 Å². The van der Waals surface area contributed by atoms with E-state index < -0.39 is 12.0 Å². The molecule has 0 aliphatic rings. The minimum Gasteiger partial charge on any atom is -0.665 e. The van der Waals surface area contributed by atoms with E-state index in [1.807, 2.05) is 30.3 Å². The van der Waals surface area contributed by atoms with E-state index in [2.05, 4.69) is 60.0 Å². The monoisotopic (exact) mass is 585 g/mol. The second-order valence-electron chi connectivity index (χ2n) is 6.61. The summed E-state index contributed by atoms with van der Waals surface area (Å²) in [7, 11) is 1.14. The number of rotatable bonds is 3. The third-order valence-corrected chi connectivity index (χ3v) is 1.58. The average Bonchev–Trinajstić information content (AvgIpc) is 2.37. The summed E-state index contributed by atoms with van der Waals surface area (Å²) in [5, 5.41) is 8.46. The Balaban J connectivity index is -0.000000142. The van der Waals surface area contributed by atoms with Gasteiger partial charge in [-0.2, -0.15) is 0 Å². The molecule has 0 saturated heterocycles. The molecule has 1 aromatic carbocycles. The Hall–Kier alpha value is 0.589. The molecule has 0 amide bonds. The summed E-state index contributed by atoms with van der Waals surface area (Å²) in [6.45, 7) is 20.1. The fraction of sp³-hybridized carbons (Fsp3) is 0.611. The zero-order valence-electron chi connectivity index (χ0n) is 17.2. The van der Waals surface area contributed by atoms with E-state index >= 15 is 0 Å². The van der Waals surface area contributed by atoms with Crippen molar-refractivity contribution in [1.82, 2.24) is 0 Å². The Morgan fingerprint density at radius 1 is 0.880 bits per heavy atom. The van der Waals surface area contributed by atoms with Gasteiger partial charge in [-0.05, 0) is 78.0 Å². The normalized spacial score (nSPS) is 10.3. The van der Waals surface area contributed by atoms with Gasteiger partial charge in [-0.15, -0.1) is 23.8 Å². The van der Waals surface area contributed by atoms with Gasteiger partial charge < -0.3 is 10.8 Å². The number of carbonyl (C=O) groups is 1. The number of nitrogens with one attached hydrogen (secondary N) is 1. The van der Waals surface area contributed by atoms with Gasteiger partial charge in [-0.25, -0.2) is 0 Å². The molecule has 151 valence electrons. The number of hydrogen-bond donors (Lipinski definition) is 1. The van der Waals surface area contributed by atoms with Crippen molar-refractivity contribution >= 4 is 29.7 Å². The molecule has 0 aliphatic carbocycles. The van der Waals surface area contributed by atoms with Crippen molar-refractivity contribution in [3.8, 4) is 0 Å². The van der Waals surface area contributed by atoms with Crippen LogP contribution in [0.15, 0.2) is 30.3 Å². The molecular formula is C18H37IrNO2P3-. The molecule has 1 unspecified atom stereocenters. The molecule has 7 heteroatoms. The van der Waals surface area contributed by atoms with Crippen molar-refractivity contribution in [3.05, 3.63) is 41.6 Å². The van der Waals surface area contributed by atoms with E-state index in [1.165, 1.54) is 0 Å². The van der Waals surface area contributed by atoms with Crippen molar-refractivity contribution in [2.75, 3.05) is 60.0 Å². The van der Waals surface area contributed by atoms with Crippen LogP contribution in [0, 0.1) is 0 Å². The van der Waals surface area contributed by atoms with E-state index in [-0.39, 0.29) is 26.5 Å². The second-order valence-corrected chi connectivity index (χ2v) is 14.7. The predicted octanol–water partition coefficient (Wildman–Crippen LogP) is 5.81. The first kappa shape index (κ1) is 33.2. The van der Waals surface area contributed by atoms with E-state index in [4.69, 9.17) is 10.8 Å². The summed E-state index contributed by atoms with van der Waals surface area (Å²) in [6, 6.07) is 8.14. The fourth-order valence-corrected chi connectivity index (χ4v) is 0.937. The van der Waals surface area contributed by atoms with Crippen LogP contribution >= 0.6 is 23.8 Å². The first-order valence-corrected chi connectivity index (χ1v) is 15.8. The maximum Gasteiger partial charge on any atom is 0.285 e. The maximum atomic E-state index is 10.3. The van der Waals surface area contributed by atoms with Crippen LogP contribution in [-0.4, -0.2) is 77.1 Å². The molecule has 3 nitrogen and oxygen atoms in total.